The van der Waals surface area contributed by atoms with Crippen molar-refractivity contribution < 1.29 is 14.4 Å². The summed E-state index contributed by atoms with van der Waals surface area (Å²) in [5, 5.41) is 16.1. The molecule has 3 amide bonds. The van der Waals surface area contributed by atoms with E-state index in [1.807, 2.05) is 42.3 Å². The Morgan fingerprint density at radius 1 is 0.905 bits per heavy atom. The van der Waals surface area contributed by atoms with Gasteiger partial charge >= 0.3 is 0 Å². The fraction of sp³-hybridized carbons (Fsp3) is 0.333. The summed E-state index contributed by atoms with van der Waals surface area (Å²) in [6.07, 6.45) is 1.96. The van der Waals surface area contributed by atoms with Gasteiger partial charge in [0.1, 0.15) is 0 Å². The van der Waals surface area contributed by atoms with E-state index in [9.17, 15) is 19.8 Å². The van der Waals surface area contributed by atoms with Crippen LogP contribution < -0.4 is 16.4 Å². The van der Waals surface area contributed by atoms with Crippen LogP contribution >= 0.6 is 0 Å². The third-order valence-electron chi connectivity index (χ3n) is 8.60. The van der Waals surface area contributed by atoms with E-state index in [0.29, 0.717) is 54.3 Å². The summed E-state index contributed by atoms with van der Waals surface area (Å²) in [5.41, 5.74) is 11.1. The normalized spacial score (nSPS) is 20.1. The SMILES string of the molecule is CNCc1ccc(C2Nc3cccc(C(N)=O)c3C(=N)C2c2ccc(C(=O)N3CCN(C(=O)C4CC4)CC3)cc2)cc1. The highest BCUT2D eigenvalue weighted by molar-refractivity contribution is 6.16. The maximum Gasteiger partial charge on any atom is 0.253 e. The maximum atomic E-state index is 13.3. The highest BCUT2D eigenvalue weighted by atomic mass is 16.2. The first kappa shape index (κ1) is 27.7. The summed E-state index contributed by atoms with van der Waals surface area (Å²) in [4.78, 5) is 41.7. The number of piperazine rings is 1. The number of fused-ring (bicyclic) bond motifs is 1. The van der Waals surface area contributed by atoms with Crippen molar-refractivity contribution in [3.63, 3.8) is 0 Å². The zero-order valence-corrected chi connectivity index (χ0v) is 23.7. The molecule has 3 aliphatic rings. The maximum absolute atomic E-state index is 13.3. The van der Waals surface area contributed by atoms with Gasteiger partial charge in [0.15, 0.2) is 0 Å². The van der Waals surface area contributed by atoms with Crippen molar-refractivity contribution in [1.82, 2.24) is 15.1 Å². The van der Waals surface area contributed by atoms with Gasteiger partial charge in [0, 0.05) is 55.5 Å². The number of hydrogen-bond donors (Lipinski definition) is 4. The van der Waals surface area contributed by atoms with E-state index >= 15 is 0 Å². The second-order valence-corrected chi connectivity index (χ2v) is 11.4. The summed E-state index contributed by atoms with van der Waals surface area (Å²) < 4.78 is 0. The highest BCUT2D eigenvalue weighted by Crippen LogP contribution is 2.43. The summed E-state index contributed by atoms with van der Waals surface area (Å²) >= 11 is 0. The van der Waals surface area contributed by atoms with Crippen LogP contribution in [-0.2, 0) is 11.3 Å². The predicted molar refractivity (Wildman–Crippen MR) is 162 cm³/mol. The third kappa shape index (κ3) is 5.27. The van der Waals surface area contributed by atoms with Gasteiger partial charge in [-0.3, -0.25) is 14.4 Å². The molecule has 0 aromatic heterocycles. The van der Waals surface area contributed by atoms with Crippen LogP contribution in [0.15, 0.2) is 66.7 Å². The second kappa shape index (κ2) is 11.4. The van der Waals surface area contributed by atoms with Crippen molar-refractivity contribution in [1.29, 1.82) is 5.41 Å². The summed E-state index contributed by atoms with van der Waals surface area (Å²) in [6.45, 7) is 2.94. The molecule has 0 radical (unpaired) electrons. The van der Waals surface area contributed by atoms with Gasteiger partial charge in [0.25, 0.3) is 5.91 Å². The van der Waals surface area contributed by atoms with E-state index < -0.39 is 11.8 Å². The first-order chi connectivity index (χ1) is 20.4. The number of carbonyl (C=O) groups is 3. The average molecular weight is 565 g/mol. The summed E-state index contributed by atoms with van der Waals surface area (Å²) in [7, 11) is 1.91. The van der Waals surface area contributed by atoms with Gasteiger partial charge in [0.05, 0.1) is 23.2 Å². The Morgan fingerprint density at radius 2 is 1.55 bits per heavy atom. The molecule has 2 fully saturated rings. The Labute approximate surface area is 245 Å². The largest absolute Gasteiger partial charge is 0.377 e. The Kier molecular flexibility index (Phi) is 7.51. The minimum absolute atomic E-state index is 0.0602. The van der Waals surface area contributed by atoms with E-state index in [1.54, 1.807) is 17.0 Å². The van der Waals surface area contributed by atoms with Crippen molar-refractivity contribution in [3.8, 4) is 0 Å². The van der Waals surface area contributed by atoms with Crippen molar-refractivity contribution in [2.24, 2.45) is 11.7 Å². The minimum Gasteiger partial charge on any atom is -0.377 e. The van der Waals surface area contributed by atoms with Crippen LogP contribution in [0, 0.1) is 11.3 Å². The lowest BCUT2D eigenvalue weighted by Gasteiger charge is -2.37. The number of anilines is 1. The lowest BCUT2D eigenvalue weighted by molar-refractivity contribution is -0.134. The fourth-order valence-corrected chi connectivity index (χ4v) is 6.16. The van der Waals surface area contributed by atoms with Crippen LogP contribution in [0.5, 0.6) is 0 Å². The van der Waals surface area contributed by atoms with Crippen molar-refractivity contribution in [2.75, 3.05) is 38.5 Å². The minimum atomic E-state index is -0.577. The number of rotatable bonds is 7. The standard InChI is InChI=1S/C33H36N6O3/c1-36-19-20-5-7-22(8-6-20)30-27(29(34)28-25(31(35)40)3-2-4-26(28)37-30)21-9-11-23(12-10-21)32(41)38-15-17-39(18-16-38)33(42)24-13-14-24/h2-12,24,27,30,34,36-37H,13-19H2,1H3,(H2,35,40). The number of primary amides is 1. The lowest BCUT2D eigenvalue weighted by Crippen LogP contribution is -2.51. The molecule has 2 unspecified atom stereocenters. The first-order valence-corrected chi connectivity index (χ1v) is 14.6. The quantitative estimate of drug-likeness (QED) is 0.349. The Bertz CT molecular complexity index is 1520. The number of amides is 3. The third-order valence-corrected chi connectivity index (χ3v) is 8.60. The molecule has 1 saturated heterocycles. The van der Waals surface area contributed by atoms with Crippen molar-refractivity contribution in [2.45, 2.75) is 31.3 Å². The molecular weight excluding hydrogens is 528 g/mol. The molecule has 1 saturated carbocycles. The first-order valence-electron chi connectivity index (χ1n) is 14.6. The second-order valence-electron chi connectivity index (χ2n) is 11.4. The van der Waals surface area contributed by atoms with Crippen LogP contribution in [0.1, 0.15) is 67.8 Å². The fourth-order valence-electron chi connectivity index (χ4n) is 6.16. The molecule has 3 aromatic carbocycles. The smallest absolute Gasteiger partial charge is 0.253 e. The number of nitrogens with one attached hydrogen (secondary N) is 3. The molecule has 2 atom stereocenters. The van der Waals surface area contributed by atoms with Crippen LogP contribution in [-0.4, -0.2) is 66.5 Å². The summed E-state index contributed by atoms with van der Waals surface area (Å²) in [6, 6.07) is 20.7. The molecule has 9 nitrogen and oxygen atoms in total. The van der Waals surface area contributed by atoms with Gasteiger partial charge in [-0.25, -0.2) is 0 Å². The highest BCUT2D eigenvalue weighted by Gasteiger charge is 2.38. The molecule has 5 N–H and O–H groups in total. The van der Waals surface area contributed by atoms with Gasteiger partial charge in [-0.1, -0.05) is 42.5 Å². The zero-order valence-electron chi connectivity index (χ0n) is 23.7. The predicted octanol–water partition coefficient (Wildman–Crippen LogP) is 3.52. The molecule has 1 aliphatic carbocycles. The van der Waals surface area contributed by atoms with Gasteiger partial charge < -0.3 is 31.6 Å². The average Bonchev–Trinajstić information content (AvgIpc) is 3.87. The monoisotopic (exact) mass is 564 g/mol. The molecule has 3 aromatic rings. The van der Waals surface area contributed by atoms with E-state index in [1.165, 1.54) is 0 Å². The molecule has 216 valence electrons. The molecule has 2 aliphatic heterocycles. The van der Waals surface area contributed by atoms with Gasteiger partial charge in [0.2, 0.25) is 11.8 Å². The van der Waals surface area contributed by atoms with Gasteiger partial charge in [-0.15, -0.1) is 0 Å². The molecular formula is C33H36N6O3. The van der Waals surface area contributed by atoms with E-state index in [4.69, 9.17) is 5.73 Å². The number of nitrogens with two attached hydrogens (primary N) is 1. The van der Waals surface area contributed by atoms with Crippen molar-refractivity contribution in [3.05, 3.63) is 100 Å². The lowest BCUT2D eigenvalue weighted by atomic mass is 9.76. The molecule has 0 spiro atoms. The number of benzene rings is 3. The number of hydrogen-bond acceptors (Lipinski definition) is 6. The van der Waals surface area contributed by atoms with E-state index in [0.717, 1.165) is 36.1 Å². The topological polar surface area (TPSA) is 132 Å². The van der Waals surface area contributed by atoms with E-state index in [-0.39, 0.29) is 23.8 Å². The zero-order chi connectivity index (χ0) is 29.4. The Morgan fingerprint density at radius 3 is 2.17 bits per heavy atom. The molecule has 9 heteroatoms. The Hall–Kier alpha value is -4.50. The molecule has 2 heterocycles. The summed E-state index contributed by atoms with van der Waals surface area (Å²) in [5.74, 6) is -0.646. The number of nitrogens with zero attached hydrogens (tertiary/aromatic N) is 2. The van der Waals surface area contributed by atoms with Crippen LogP contribution in [0.4, 0.5) is 5.69 Å². The molecule has 0 bridgehead atoms. The molecule has 42 heavy (non-hydrogen) atoms. The molecule has 6 rings (SSSR count). The van der Waals surface area contributed by atoms with Crippen LogP contribution in [0.3, 0.4) is 0 Å². The van der Waals surface area contributed by atoms with E-state index in [2.05, 4.69) is 34.9 Å². The van der Waals surface area contributed by atoms with Gasteiger partial charge in [-0.05, 0) is 60.8 Å². The van der Waals surface area contributed by atoms with Gasteiger partial charge in [-0.2, -0.15) is 0 Å². The van der Waals surface area contributed by atoms with Crippen LogP contribution in [0.25, 0.3) is 0 Å². The van der Waals surface area contributed by atoms with Crippen LogP contribution in [0.2, 0.25) is 0 Å². The van der Waals surface area contributed by atoms with Crippen molar-refractivity contribution >= 4 is 29.1 Å². The Balaban J connectivity index is 1.27. The number of carbonyl (C=O) groups excluding carboxylic acids is 3.